The molecule has 0 radical (unpaired) electrons. The molecular weight excluding hydrogens is 464 g/mol. The standard InChI is InChI=1S/C30H36N4O3/c1-3-22(2)31-19-27(18-28-29(35)30(36)33-21-32-28)26-12-10-24(11-13-26)5-4-23-6-8-25(9-7-23)20-34-14-16-37-17-15-34/h6-13,21-22,27,31,35H,3,14-20H2,1-2H3,(H,32,33,36)/t22-,27?/m1/s1. The molecule has 0 aliphatic carbocycles. The third kappa shape index (κ3) is 7.77. The first kappa shape index (κ1) is 26.6. The highest BCUT2D eigenvalue weighted by atomic mass is 16.5. The quantitative estimate of drug-likeness (QED) is 0.390. The van der Waals surface area contributed by atoms with Gasteiger partial charge in [-0.2, -0.15) is 0 Å². The van der Waals surface area contributed by atoms with Gasteiger partial charge in [0.25, 0.3) is 5.56 Å². The fourth-order valence-corrected chi connectivity index (χ4v) is 4.30. The zero-order valence-electron chi connectivity index (χ0n) is 21.7. The van der Waals surface area contributed by atoms with Crippen LogP contribution in [0.3, 0.4) is 0 Å². The van der Waals surface area contributed by atoms with Gasteiger partial charge in [-0.25, -0.2) is 4.98 Å². The number of rotatable bonds is 9. The second kappa shape index (κ2) is 13.2. The molecule has 0 spiro atoms. The van der Waals surface area contributed by atoms with Gasteiger partial charge >= 0.3 is 0 Å². The molecule has 4 rings (SSSR count). The van der Waals surface area contributed by atoms with Crippen LogP contribution in [-0.4, -0.2) is 58.9 Å². The van der Waals surface area contributed by atoms with E-state index in [1.54, 1.807) is 0 Å². The number of morpholine rings is 1. The van der Waals surface area contributed by atoms with E-state index in [2.05, 4.69) is 82.3 Å². The minimum atomic E-state index is -0.515. The average Bonchev–Trinajstić information content (AvgIpc) is 2.93. The van der Waals surface area contributed by atoms with Gasteiger partial charge in [-0.05, 0) is 48.7 Å². The van der Waals surface area contributed by atoms with Crippen molar-refractivity contribution >= 4 is 0 Å². The molecule has 1 saturated heterocycles. The molecule has 7 nitrogen and oxygen atoms in total. The van der Waals surface area contributed by atoms with E-state index in [0.717, 1.165) is 56.0 Å². The van der Waals surface area contributed by atoms with Crippen molar-refractivity contribution < 1.29 is 9.84 Å². The number of hydrogen-bond donors (Lipinski definition) is 3. The lowest BCUT2D eigenvalue weighted by Crippen LogP contribution is -2.35. The van der Waals surface area contributed by atoms with Crippen molar-refractivity contribution in [2.24, 2.45) is 0 Å². The highest BCUT2D eigenvalue weighted by molar-refractivity contribution is 5.44. The lowest BCUT2D eigenvalue weighted by molar-refractivity contribution is 0.0342. The normalized spacial score (nSPS) is 15.5. The van der Waals surface area contributed by atoms with Crippen molar-refractivity contribution in [2.45, 2.75) is 45.2 Å². The van der Waals surface area contributed by atoms with Crippen LogP contribution in [0.5, 0.6) is 5.75 Å². The topological polar surface area (TPSA) is 90.5 Å². The summed E-state index contributed by atoms with van der Waals surface area (Å²) >= 11 is 0. The lowest BCUT2D eigenvalue weighted by Gasteiger charge is -2.26. The average molecular weight is 501 g/mol. The second-order valence-electron chi connectivity index (χ2n) is 9.60. The van der Waals surface area contributed by atoms with Gasteiger partial charge in [-0.15, -0.1) is 0 Å². The Morgan fingerprint density at radius 3 is 2.38 bits per heavy atom. The summed E-state index contributed by atoms with van der Waals surface area (Å²) in [7, 11) is 0. The third-order valence-corrected chi connectivity index (χ3v) is 6.87. The first-order valence-corrected chi connectivity index (χ1v) is 13.0. The summed E-state index contributed by atoms with van der Waals surface area (Å²) in [4.78, 5) is 20.9. The summed E-state index contributed by atoms with van der Waals surface area (Å²) in [6.07, 6.45) is 2.81. The number of benzene rings is 2. The van der Waals surface area contributed by atoms with Crippen LogP contribution in [0.1, 0.15) is 54.1 Å². The zero-order valence-corrected chi connectivity index (χ0v) is 21.7. The van der Waals surface area contributed by atoms with Crippen molar-refractivity contribution in [1.82, 2.24) is 20.2 Å². The Kier molecular flexibility index (Phi) is 9.50. The summed E-state index contributed by atoms with van der Waals surface area (Å²) in [5, 5.41) is 13.7. The molecule has 3 aromatic rings. The van der Waals surface area contributed by atoms with E-state index in [-0.39, 0.29) is 11.7 Å². The number of aromatic hydroxyl groups is 1. The molecule has 1 aliphatic rings. The predicted octanol–water partition coefficient (Wildman–Crippen LogP) is 3.42. The Bertz CT molecular complexity index is 1250. The number of hydrogen-bond acceptors (Lipinski definition) is 6. The maximum Gasteiger partial charge on any atom is 0.293 e. The summed E-state index contributed by atoms with van der Waals surface area (Å²) in [5.41, 5.74) is 4.21. The van der Waals surface area contributed by atoms with Crippen LogP contribution in [-0.2, 0) is 17.7 Å². The minimum absolute atomic E-state index is 0.0511. The van der Waals surface area contributed by atoms with Crippen LogP contribution in [0.15, 0.2) is 59.7 Å². The number of aromatic nitrogens is 2. The molecule has 1 aliphatic heterocycles. The molecule has 7 heteroatoms. The largest absolute Gasteiger partial charge is 0.502 e. The number of H-pyrrole nitrogens is 1. The van der Waals surface area contributed by atoms with Crippen LogP contribution >= 0.6 is 0 Å². The maximum atomic E-state index is 11.8. The molecule has 0 amide bonds. The Morgan fingerprint density at radius 1 is 1.08 bits per heavy atom. The first-order chi connectivity index (χ1) is 18.0. The Labute approximate surface area is 218 Å². The molecular formula is C30H36N4O3. The lowest BCUT2D eigenvalue weighted by atomic mass is 9.92. The van der Waals surface area contributed by atoms with Gasteiger partial charge < -0.3 is 20.1 Å². The zero-order chi connectivity index (χ0) is 26.0. The van der Waals surface area contributed by atoms with Crippen LogP contribution < -0.4 is 10.9 Å². The molecule has 0 saturated carbocycles. The van der Waals surface area contributed by atoms with E-state index < -0.39 is 5.56 Å². The first-order valence-electron chi connectivity index (χ1n) is 13.0. The fraction of sp³-hybridized carbons (Fsp3) is 0.400. The van der Waals surface area contributed by atoms with Crippen LogP contribution in [0.4, 0.5) is 0 Å². The van der Waals surface area contributed by atoms with Crippen LogP contribution in [0, 0.1) is 11.8 Å². The molecule has 2 atom stereocenters. The summed E-state index contributed by atoms with van der Waals surface area (Å²) < 4.78 is 5.42. The second-order valence-corrected chi connectivity index (χ2v) is 9.60. The molecule has 2 heterocycles. The van der Waals surface area contributed by atoms with Crippen molar-refractivity contribution in [1.29, 1.82) is 0 Å². The van der Waals surface area contributed by atoms with Crippen molar-refractivity contribution in [3.8, 4) is 17.6 Å². The van der Waals surface area contributed by atoms with E-state index >= 15 is 0 Å². The third-order valence-electron chi connectivity index (χ3n) is 6.87. The molecule has 194 valence electrons. The molecule has 1 fully saturated rings. The Hall–Kier alpha value is -3.44. The summed E-state index contributed by atoms with van der Waals surface area (Å²) in [5.74, 6) is 6.27. The highest BCUT2D eigenvalue weighted by Crippen LogP contribution is 2.23. The molecule has 1 unspecified atom stereocenters. The minimum Gasteiger partial charge on any atom is -0.502 e. The van der Waals surface area contributed by atoms with Gasteiger partial charge in [0.1, 0.15) is 0 Å². The van der Waals surface area contributed by atoms with E-state index in [1.165, 1.54) is 11.9 Å². The maximum absolute atomic E-state index is 11.8. The van der Waals surface area contributed by atoms with Gasteiger partial charge in [-0.1, -0.05) is 43.0 Å². The monoisotopic (exact) mass is 500 g/mol. The van der Waals surface area contributed by atoms with Crippen LogP contribution in [0.25, 0.3) is 0 Å². The van der Waals surface area contributed by atoms with Crippen LogP contribution in [0.2, 0.25) is 0 Å². The van der Waals surface area contributed by atoms with Gasteiger partial charge in [0, 0.05) is 55.7 Å². The SMILES string of the molecule is CC[C@@H](C)NCC(Cc1nc[nH]c(=O)c1O)c1ccc(C#Cc2ccc(CN3CCOCC3)cc2)cc1. The molecule has 2 aromatic carbocycles. The van der Waals surface area contributed by atoms with Crippen molar-refractivity contribution in [3.63, 3.8) is 0 Å². The van der Waals surface area contributed by atoms with Crippen molar-refractivity contribution in [2.75, 3.05) is 32.8 Å². The number of nitrogens with one attached hydrogen (secondary N) is 2. The van der Waals surface area contributed by atoms with E-state index in [4.69, 9.17) is 4.74 Å². The molecule has 1 aromatic heterocycles. The molecule has 37 heavy (non-hydrogen) atoms. The fourth-order valence-electron chi connectivity index (χ4n) is 4.30. The summed E-state index contributed by atoms with van der Waals surface area (Å²) in [6, 6.07) is 17.0. The van der Waals surface area contributed by atoms with Gasteiger partial charge in [0.2, 0.25) is 5.75 Å². The van der Waals surface area contributed by atoms with Crippen molar-refractivity contribution in [3.05, 3.63) is 93.2 Å². The highest BCUT2D eigenvalue weighted by Gasteiger charge is 2.18. The van der Waals surface area contributed by atoms with E-state index in [9.17, 15) is 9.90 Å². The Morgan fingerprint density at radius 2 is 1.73 bits per heavy atom. The van der Waals surface area contributed by atoms with E-state index in [0.29, 0.717) is 24.7 Å². The number of ether oxygens (including phenoxy) is 1. The predicted molar refractivity (Wildman–Crippen MR) is 146 cm³/mol. The smallest absolute Gasteiger partial charge is 0.293 e. The summed E-state index contributed by atoms with van der Waals surface area (Å²) in [6.45, 7) is 9.52. The Balaban J connectivity index is 1.43. The van der Waals surface area contributed by atoms with Gasteiger partial charge in [0.05, 0.1) is 25.2 Å². The van der Waals surface area contributed by atoms with E-state index in [1.807, 2.05) is 12.1 Å². The molecule has 0 bridgehead atoms. The molecule has 3 N–H and O–H groups in total. The van der Waals surface area contributed by atoms with Gasteiger partial charge in [-0.3, -0.25) is 9.69 Å². The number of nitrogens with zero attached hydrogens (tertiary/aromatic N) is 2. The van der Waals surface area contributed by atoms with Gasteiger partial charge in [0.15, 0.2) is 0 Å². The number of aromatic amines is 1.